The van der Waals surface area contributed by atoms with Crippen LogP contribution in [-0.4, -0.2) is 30.1 Å². The van der Waals surface area contributed by atoms with E-state index in [4.69, 9.17) is 4.74 Å². The molecule has 0 saturated heterocycles. The van der Waals surface area contributed by atoms with E-state index in [9.17, 15) is 4.79 Å². The Balaban J connectivity index is 1.95. The van der Waals surface area contributed by atoms with E-state index in [2.05, 4.69) is 10.3 Å². The van der Waals surface area contributed by atoms with E-state index in [0.29, 0.717) is 13.2 Å². The number of rotatable bonds is 5. The van der Waals surface area contributed by atoms with Crippen LogP contribution in [0.3, 0.4) is 0 Å². The standard InChI is InChI=1S/C15H19N3O2S/c1-11-16-14(10-21-11)8-18(2)15(19)17-13-6-4-5-12(7-13)9-20-3/h4-7,10H,8-9H2,1-3H3,(H,17,19). The highest BCUT2D eigenvalue weighted by molar-refractivity contribution is 7.09. The minimum Gasteiger partial charge on any atom is -0.380 e. The highest BCUT2D eigenvalue weighted by atomic mass is 32.1. The summed E-state index contributed by atoms with van der Waals surface area (Å²) in [5.41, 5.74) is 2.69. The van der Waals surface area contributed by atoms with Crippen LogP contribution >= 0.6 is 11.3 Å². The molecular weight excluding hydrogens is 286 g/mol. The van der Waals surface area contributed by atoms with Crippen LogP contribution in [0.2, 0.25) is 0 Å². The quantitative estimate of drug-likeness (QED) is 0.922. The van der Waals surface area contributed by atoms with Gasteiger partial charge in [0.2, 0.25) is 0 Å². The van der Waals surface area contributed by atoms with E-state index in [1.165, 1.54) is 0 Å². The van der Waals surface area contributed by atoms with Crippen molar-refractivity contribution in [1.82, 2.24) is 9.88 Å². The highest BCUT2D eigenvalue weighted by Gasteiger charge is 2.11. The summed E-state index contributed by atoms with van der Waals surface area (Å²) in [7, 11) is 3.40. The van der Waals surface area contributed by atoms with Crippen LogP contribution in [-0.2, 0) is 17.9 Å². The number of aromatic nitrogens is 1. The molecule has 0 unspecified atom stereocenters. The number of methoxy groups -OCH3 is 1. The molecule has 1 N–H and O–H groups in total. The first-order chi connectivity index (χ1) is 10.1. The Morgan fingerprint density at radius 1 is 1.48 bits per heavy atom. The molecule has 2 aromatic rings. The van der Waals surface area contributed by atoms with Crippen molar-refractivity contribution in [2.75, 3.05) is 19.5 Å². The van der Waals surface area contributed by atoms with Crippen molar-refractivity contribution in [3.63, 3.8) is 0 Å². The van der Waals surface area contributed by atoms with E-state index < -0.39 is 0 Å². The van der Waals surface area contributed by atoms with Crippen molar-refractivity contribution >= 4 is 23.1 Å². The number of hydrogen-bond acceptors (Lipinski definition) is 4. The number of hydrogen-bond donors (Lipinski definition) is 1. The first-order valence-corrected chi connectivity index (χ1v) is 7.47. The third kappa shape index (κ3) is 4.54. The molecule has 0 saturated carbocycles. The van der Waals surface area contributed by atoms with Gasteiger partial charge in [-0.15, -0.1) is 11.3 Å². The summed E-state index contributed by atoms with van der Waals surface area (Å²) in [6, 6.07) is 7.46. The van der Waals surface area contributed by atoms with Crippen molar-refractivity contribution < 1.29 is 9.53 Å². The summed E-state index contributed by atoms with van der Waals surface area (Å²) < 4.78 is 5.09. The zero-order valence-corrected chi connectivity index (χ0v) is 13.2. The molecule has 0 radical (unpaired) electrons. The molecule has 2 amide bonds. The van der Waals surface area contributed by atoms with Gasteiger partial charge in [0.15, 0.2) is 0 Å². The van der Waals surface area contributed by atoms with Crippen molar-refractivity contribution in [3.05, 3.63) is 45.9 Å². The Labute approximate surface area is 128 Å². The maximum absolute atomic E-state index is 12.2. The van der Waals surface area contributed by atoms with Gasteiger partial charge < -0.3 is 15.0 Å². The van der Waals surface area contributed by atoms with Gasteiger partial charge in [-0.25, -0.2) is 9.78 Å². The average molecular weight is 305 g/mol. The van der Waals surface area contributed by atoms with Gasteiger partial charge in [0.05, 0.1) is 23.9 Å². The maximum atomic E-state index is 12.2. The third-order valence-electron chi connectivity index (χ3n) is 2.90. The zero-order valence-electron chi connectivity index (χ0n) is 12.4. The van der Waals surface area contributed by atoms with Crippen LogP contribution in [0.15, 0.2) is 29.6 Å². The first kappa shape index (κ1) is 15.5. The second-order valence-electron chi connectivity index (χ2n) is 4.78. The molecule has 0 aliphatic heterocycles. The van der Waals surface area contributed by atoms with Gasteiger partial charge in [-0.1, -0.05) is 12.1 Å². The lowest BCUT2D eigenvalue weighted by atomic mass is 10.2. The van der Waals surface area contributed by atoms with Crippen LogP contribution in [0.1, 0.15) is 16.3 Å². The molecule has 2 rings (SSSR count). The van der Waals surface area contributed by atoms with Gasteiger partial charge in [-0.2, -0.15) is 0 Å². The normalized spacial score (nSPS) is 10.4. The molecule has 0 aliphatic carbocycles. The van der Waals surface area contributed by atoms with Gasteiger partial charge in [0, 0.05) is 25.2 Å². The van der Waals surface area contributed by atoms with Gasteiger partial charge in [-0.3, -0.25) is 0 Å². The fraction of sp³-hybridized carbons (Fsp3) is 0.333. The number of ether oxygens (including phenoxy) is 1. The number of urea groups is 1. The molecule has 1 aromatic carbocycles. The fourth-order valence-corrected chi connectivity index (χ4v) is 2.52. The summed E-state index contributed by atoms with van der Waals surface area (Å²) >= 11 is 1.59. The maximum Gasteiger partial charge on any atom is 0.321 e. The molecule has 1 heterocycles. The molecule has 1 aromatic heterocycles. The average Bonchev–Trinajstić information content (AvgIpc) is 2.85. The predicted octanol–water partition coefficient (Wildman–Crippen LogP) is 3.26. The number of nitrogens with zero attached hydrogens (tertiary/aromatic N) is 2. The lowest BCUT2D eigenvalue weighted by Crippen LogP contribution is -2.31. The Bertz CT molecular complexity index is 612. The number of carbonyl (C=O) groups excluding carboxylic acids is 1. The molecule has 5 nitrogen and oxygen atoms in total. The summed E-state index contributed by atoms with van der Waals surface area (Å²) in [6.45, 7) is 2.97. The van der Waals surface area contributed by atoms with Crippen LogP contribution in [0, 0.1) is 6.92 Å². The van der Waals surface area contributed by atoms with E-state index >= 15 is 0 Å². The first-order valence-electron chi connectivity index (χ1n) is 6.59. The third-order valence-corrected chi connectivity index (χ3v) is 3.72. The number of amides is 2. The SMILES string of the molecule is COCc1cccc(NC(=O)N(C)Cc2csc(C)n2)c1. The second kappa shape index (κ2) is 7.19. The van der Waals surface area contributed by atoms with Gasteiger partial charge in [-0.05, 0) is 24.6 Å². The Kier molecular flexibility index (Phi) is 5.30. The van der Waals surface area contributed by atoms with Crippen molar-refractivity contribution in [2.45, 2.75) is 20.1 Å². The molecule has 0 aliphatic rings. The van der Waals surface area contributed by atoms with Gasteiger partial charge in [0.25, 0.3) is 0 Å². The zero-order chi connectivity index (χ0) is 15.2. The molecule has 21 heavy (non-hydrogen) atoms. The summed E-state index contributed by atoms with van der Waals surface area (Å²) in [5.74, 6) is 0. The topological polar surface area (TPSA) is 54.5 Å². The molecule has 0 fully saturated rings. The van der Waals surface area contributed by atoms with Crippen molar-refractivity contribution in [3.8, 4) is 0 Å². The molecule has 6 heteroatoms. The van der Waals surface area contributed by atoms with Crippen LogP contribution in [0.5, 0.6) is 0 Å². The monoisotopic (exact) mass is 305 g/mol. The fourth-order valence-electron chi connectivity index (χ4n) is 1.92. The molecule has 0 spiro atoms. The van der Waals surface area contributed by atoms with E-state index in [-0.39, 0.29) is 6.03 Å². The molecule has 0 atom stereocenters. The minimum atomic E-state index is -0.157. The number of nitrogens with one attached hydrogen (secondary N) is 1. The number of thiazole rings is 1. The number of benzene rings is 1. The number of anilines is 1. The lowest BCUT2D eigenvalue weighted by molar-refractivity contribution is 0.185. The summed E-state index contributed by atoms with van der Waals surface area (Å²) in [4.78, 5) is 18.1. The largest absolute Gasteiger partial charge is 0.380 e. The van der Waals surface area contributed by atoms with Crippen LogP contribution < -0.4 is 5.32 Å². The highest BCUT2D eigenvalue weighted by Crippen LogP contribution is 2.13. The molecule has 0 bridgehead atoms. The van der Waals surface area contributed by atoms with Crippen LogP contribution in [0.4, 0.5) is 10.5 Å². The minimum absolute atomic E-state index is 0.157. The van der Waals surface area contributed by atoms with Crippen molar-refractivity contribution in [1.29, 1.82) is 0 Å². The van der Waals surface area contributed by atoms with E-state index in [1.807, 2.05) is 36.6 Å². The molecular formula is C15H19N3O2S. The smallest absolute Gasteiger partial charge is 0.321 e. The van der Waals surface area contributed by atoms with E-state index in [1.54, 1.807) is 30.4 Å². The predicted molar refractivity (Wildman–Crippen MR) is 84.5 cm³/mol. The van der Waals surface area contributed by atoms with Crippen LogP contribution in [0.25, 0.3) is 0 Å². The number of aryl methyl sites for hydroxylation is 1. The Morgan fingerprint density at radius 2 is 2.29 bits per heavy atom. The Hall–Kier alpha value is -1.92. The van der Waals surface area contributed by atoms with E-state index in [0.717, 1.165) is 22.0 Å². The van der Waals surface area contributed by atoms with Gasteiger partial charge in [0.1, 0.15) is 0 Å². The Morgan fingerprint density at radius 3 is 2.95 bits per heavy atom. The van der Waals surface area contributed by atoms with Gasteiger partial charge >= 0.3 is 6.03 Å². The molecule has 112 valence electrons. The van der Waals surface area contributed by atoms with Crippen molar-refractivity contribution in [2.24, 2.45) is 0 Å². The number of carbonyl (C=O) groups is 1. The second-order valence-corrected chi connectivity index (χ2v) is 5.84. The summed E-state index contributed by atoms with van der Waals surface area (Å²) in [5, 5.41) is 5.85. The summed E-state index contributed by atoms with van der Waals surface area (Å²) in [6.07, 6.45) is 0. The lowest BCUT2D eigenvalue weighted by Gasteiger charge is -2.17.